The van der Waals surface area contributed by atoms with Gasteiger partial charge in [-0.2, -0.15) is 0 Å². The molecule has 0 bridgehead atoms. The number of amides is 1. The molecule has 0 radical (unpaired) electrons. The van der Waals surface area contributed by atoms with E-state index in [1.165, 1.54) is 49.2 Å². The van der Waals surface area contributed by atoms with Gasteiger partial charge in [-0.3, -0.25) is 9.69 Å². The highest BCUT2D eigenvalue weighted by Crippen LogP contribution is 2.24. The van der Waals surface area contributed by atoms with Gasteiger partial charge in [-0.15, -0.1) is 0 Å². The molecule has 29 heavy (non-hydrogen) atoms. The molecule has 3 rings (SSSR count). The first-order valence-electron chi connectivity index (χ1n) is 11.1. The predicted octanol–water partition coefficient (Wildman–Crippen LogP) is 4.30. The lowest BCUT2D eigenvalue weighted by molar-refractivity contribution is -0.120. The number of unbranched alkanes of at least 4 members (excludes halogenated alkanes) is 1. The first kappa shape index (κ1) is 21.5. The molecule has 1 aliphatic heterocycles. The van der Waals surface area contributed by atoms with Crippen molar-refractivity contribution in [2.24, 2.45) is 0 Å². The first-order valence-corrected chi connectivity index (χ1v) is 11.1. The minimum atomic E-state index is 0.0879. The Hall–Kier alpha value is -2.17. The Labute approximate surface area is 175 Å². The molecule has 0 atom stereocenters. The van der Waals surface area contributed by atoms with Crippen molar-refractivity contribution < 1.29 is 4.79 Å². The number of piperazine rings is 1. The molecule has 2 aromatic carbocycles. The van der Waals surface area contributed by atoms with Crippen molar-refractivity contribution in [2.75, 3.05) is 32.7 Å². The van der Waals surface area contributed by atoms with Crippen LogP contribution in [0.2, 0.25) is 0 Å². The van der Waals surface area contributed by atoms with Gasteiger partial charge in [0.25, 0.3) is 0 Å². The van der Waals surface area contributed by atoms with E-state index in [9.17, 15) is 4.79 Å². The number of rotatable bonds is 9. The third-order valence-electron chi connectivity index (χ3n) is 5.78. The van der Waals surface area contributed by atoms with Crippen LogP contribution < -0.4 is 5.32 Å². The molecule has 1 fully saturated rings. The van der Waals surface area contributed by atoms with Crippen molar-refractivity contribution >= 4 is 5.91 Å². The van der Waals surface area contributed by atoms with Crippen LogP contribution >= 0.6 is 0 Å². The molecule has 156 valence electrons. The zero-order chi connectivity index (χ0) is 20.5. The molecule has 1 heterocycles. The van der Waals surface area contributed by atoms with Crippen LogP contribution in [-0.4, -0.2) is 48.4 Å². The molecule has 4 heteroatoms. The molecule has 1 saturated heterocycles. The van der Waals surface area contributed by atoms with E-state index in [4.69, 9.17) is 0 Å². The molecule has 0 saturated carbocycles. The lowest BCUT2D eigenvalue weighted by Crippen LogP contribution is -2.46. The minimum Gasteiger partial charge on any atom is -0.352 e. The largest absolute Gasteiger partial charge is 0.352 e. The smallest absolute Gasteiger partial charge is 0.219 e. The summed E-state index contributed by atoms with van der Waals surface area (Å²) in [6.45, 7) is 11.7. The molecule has 0 aliphatic carbocycles. The molecule has 0 aromatic heterocycles. The molecule has 1 amide bonds. The summed E-state index contributed by atoms with van der Waals surface area (Å²) < 4.78 is 0. The fraction of sp³-hybridized carbons (Fsp3) is 0.480. The number of carbonyl (C=O) groups is 1. The van der Waals surface area contributed by atoms with Crippen LogP contribution in [0.1, 0.15) is 44.2 Å². The number of hydrogen-bond donors (Lipinski definition) is 1. The van der Waals surface area contributed by atoms with Gasteiger partial charge in [0.2, 0.25) is 5.91 Å². The van der Waals surface area contributed by atoms with Crippen molar-refractivity contribution in [3.05, 3.63) is 59.7 Å². The summed E-state index contributed by atoms with van der Waals surface area (Å²) in [5.74, 6) is 0.0879. The number of benzene rings is 2. The zero-order valence-corrected chi connectivity index (χ0v) is 18.0. The summed E-state index contributed by atoms with van der Waals surface area (Å²) in [6.07, 6.45) is 3.11. The Balaban J connectivity index is 1.58. The van der Waals surface area contributed by atoms with Crippen LogP contribution in [-0.2, 0) is 17.9 Å². The van der Waals surface area contributed by atoms with Crippen molar-refractivity contribution in [1.82, 2.24) is 15.1 Å². The summed E-state index contributed by atoms with van der Waals surface area (Å²) in [5, 5.41) is 2.99. The molecule has 1 N–H and O–H groups in total. The van der Waals surface area contributed by atoms with Gasteiger partial charge in [-0.05, 0) is 35.2 Å². The first-order chi connectivity index (χ1) is 14.2. The Morgan fingerprint density at radius 1 is 0.931 bits per heavy atom. The van der Waals surface area contributed by atoms with Crippen molar-refractivity contribution in [2.45, 2.75) is 46.2 Å². The minimum absolute atomic E-state index is 0.0879. The maximum atomic E-state index is 11.6. The Morgan fingerprint density at radius 2 is 1.62 bits per heavy atom. The number of carbonyl (C=O) groups excluding carboxylic acids is 1. The summed E-state index contributed by atoms with van der Waals surface area (Å²) in [7, 11) is 0. The Kier molecular flexibility index (Phi) is 8.26. The van der Waals surface area contributed by atoms with Crippen molar-refractivity contribution in [3.63, 3.8) is 0 Å². The van der Waals surface area contributed by atoms with E-state index in [-0.39, 0.29) is 5.91 Å². The van der Waals surface area contributed by atoms with Crippen LogP contribution in [0.15, 0.2) is 48.5 Å². The molecule has 0 spiro atoms. The third-order valence-corrected chi connectivity index (χ3v) is 5.78. The standard InChI is InChI=1S/C25H35N3O/c1-3-5-14-27-15-17-28(18-16-27)20-21-10-12-22(13-11-21)24-9-7-6-8-23(24)19-26-25(29)4-2/h6-13H,3-5,14-20H2,1-2H3,(H,26,29). The topological polar surface area (TPSA) is 35.6 Å². The molecule has 4 nitrogen and oxygen atoms in total. The Morgan fingerprint density at radius 3 is 2.31 bits per heavy atom. The normalized spacial score (nSPS) is 15.4. The van der Waals surface area contributed by atoms with Crippen molar-refractivity contribution in [1.29, 1.82) is 0 Å². The quantitative estimate of drug-likeness (QED) is 0.690. The van der Waals surface area contributed by atoms with E-state index >= 15 is 0 Å². The zero-order valence-electron chi connectivity index (χ0n) is 18.0. The molecular formula is C25H35N3O. The number of nitrogens with one attached hydrogen (secondary N) is 1. The molecular weight excluding hydrogens is 358 g/mol. The predicted molar refractivity (Wildman–Crippen MR) is 121 cm³/mol. The van der Waals surface area contributed by atoms with Gasteiger partial charge in [0.1, 0.15) is 0 Å². The SMILES string of the molecule is CCCCN1CCN(Cc2ccc(-c3ccccc3CNC(=O)CC)cc2)CC1. The fourth-order valence-electron chi connectivity index (χ4n) is 3.88. The number of nitrogens with zero attached hydrogens (tertiary/aromatic N) is 2. The van der Waals surface area contributed by atoms with E-state index in [1.807, 2.05) is 13.0 Å². The van der Waals surface area contributed by atoms with Gasteiger partial charge in [0, 0.05) is 45.7 Å². The summed E-state index contributed by atoms with van der Waals surface area (Å²) in [6, 6.07) is 17.3. The van der Waals surface area contributed by atoms with Gasteiger partial charge in [0.15, 0.2) is 0 Å². The monoisotopic (exact) mass is 393 g/mol. The van der Waals surface area contributed by atoms with Crippen LogP contribution in [0.4, 0.5) is 0 Å². The van der Waals surface area contributed by atoms with E-state index in [0.29, 0.717) is 13.0 Å². The third kappa shape index (κ3) is 6.41. The highest BCUT2D eigenvalue weighted by Gasteiger charge is 2.16. The van der Waals surface area contributed by atoms with Gasteiger partial charge < -0.3 is 10.2 Å². The second kappa shape index (κ2) is 11.1. The van der Waals surface area contributed by atoms with Gasteiger partial charge in [-0.25, -0.2) is 0 Å². The summed E-state index contributed by atoms with van der Waals surface area (Å²) in [5.41, 5.74) is 4.93. The maximum absolute atomic E-state index is 11.6. The van der Waals surface area contributed by atoms with E-state index < -0.39 is 0 Å². The van der Waals surface area contributed by atoms with E-state index in [0.717, 1.165) is 25.2 Å². The Bertz CT molecular complexity index is 764. The summed E-state index contributed by atoms with van der Waals surface area (Å²) >= 11 is 0. The van der Waals surface area contributed by atoms with Gasteiger partial charge in [0.05, 0.1) is 0 Å². The molecule has 1 aliphatic rings. The summed E-state index contributed by atoms with van der Waals surface area (Å²) in [4.78, 5) is 16.8. The average Bonchev–Trinajstić information content (AvgIpc) is 2.78. The van der Waals surface area contributed by atoms with Crippen molar-refractivity contribution in [3.8, 4) is 11.1 Å². The van der Waals surface area contributed by atoms with Gasteiger partial charge in [-0.1, -0.05) is 68.8 Å². The maximum Gasteiger partial charge on any atom is 0.219 e. The second-order valence-corrected chi connectivity index (χ2v) is 7.96. The van der Waals surface area contributed by atoms with Crippen LogP contribution in [0, 0.1) is 0 Å². The van der Waals surface area contributed by atoms with Gasteiger partial charge >= 0.3 is 0 Å². The lowest BCUT2D eigenvalue weighted by Gasteiger charge is -2.34. The highest BCUT2D eigenvalue weighted by atomic mass is 16.1. The van der Waals surface area contributed by atoms with E-state index in [1.54, 1.807) is 0 Å². The van der Waals surface area contributed by atoms with Crippen LogP contribution in [0.25, 0.3) is 11.1 Å². The van der Waals surface area contributed by atoms with Crippen LogP contribution in [0.5, 0.6) is 0 Å². The lowest BCUT2D eigenvalue weighted by atomic mass is 9.98. The fourth-order valence-corrected chi connectivity index (χ4v) is 3.88. The molecule has 0 unspecified atom stereocenters. The molecule has 2 aromatic rings. The average molecular weight is 394 g/mol. The second-order valence-electron chi connectivity index (χ2n) is 7.96. The van der Waals surface area contributed by atoms with E-state index in [2.05, 4.69) is 64.5 Å². The van der Waals surface area contributed by atoms with Crippen LogP contribution in [0.3, 0.4) is 0 Å². The number of hydrogen-bond acceptors (Lipinski definition) is 3. The highest BCUT2D eigenvalue weighted by molar-refractivity contribution is 5.76.